The summed E-state index contributed by atoms with van der Waals surface area (Å²) in [5.41, 5.74) is -0.0984. The third kappa shape index (κ3) is 4.44. The number of hydrogen-bond donors (Lipinski definition) is 2. The number of carboxylic acids is 1. The first-order valence-electron chi connectivity index (χ1n) is 6.76. The van der Waals surface area contributed by atoms with E-state index >= 15 is 0 Å². The lowest BCUT2D eigenvalue weighted by atomic mass is 10.0. The molecule has 1 aromatic rings. The van der Waals surface area contributed by atoms with E-state index in [1.54, 1.807) is 0 Å². The minimum absolute atomic E-state index is 0.0984. The minimum Gasteiger partial charge on any atom is -0.495 e. The van der Waals surface area contributed by atoms with Gasteiger partial charge in [-0.15, -0.1) is 0 Å². The van der Waals surface area contributed by atoms with E-state index in [0.29, 0.717) is 6.54 Å². The number of sulfonamides is 1. The Morgan fingerprint density at radius 3 is 2.43 bits per heavy atom. The Labute approximate surface area is 125 Å². The molecular weight excluding hydrogens is 294 g/mol. The molecule has 0 aliphatic heterocycles. The van der Waals surface area contributed by atoms with Crippen LogP contribution in [0.2, 0.25) is 0 Å². The molecule has 0 atom stereocenters. The number of ether oxygens (including phenoxy) is 1. The molecule has 118 valence electrons. The van der Waals surface area contributed by atoms with Crippen LogP contribution in [0.15, 0.2) is 23.1 Å². The van der Waals surface area contributed by atoms with Crippen molar-refractivity contribution in [3.05, 3.63) is 23.8 Å². The summed E-state index contributed by atoms with van der Waals surface area (Å²) < 4.78 is 32.2. The normalized spacial score (nSPS) is 11.6. The third-order valence-electron chi connectivity index (χ3n) is 3.42. The van der Waals surface area contributed by atoms with Crippen molar-refractivity contribution in [3.8, 4) is 5.75 Å². The molecule has 6 nitrogen and oxygen atoms in total. The van der Waals surface area contributed by atoms with E-state index in [1.807, 2.05) is 13.8 Å². The zero-order valence-electron chi connectivity index (χ0n) is 12.4. The van der Waals surface area contributed by atoms with Gasteiger partial charge < -0.3 is 9.84 Å². The van der Waals surface area contributed by atoms with E-state index in [4.69, 9.17) is 9.84 Å². The Hall–Kier alpha value is -1.60. The van der Waals surface area contributed by atoms with E-state index in [-0.39, 0.29) is 22.1 Å². The topological polar surface area (TPSA) is 92.7 Å². The second kappa shape index (κ2) is 7.42. The van der Waals surface area contributed by atoms with Crippen molar-refractivity contribution in [1.29, 1.82) is 0 Å². The average molecular weight is 315 g/mol. The molecule has 0 aliphatic carbocycles. The molecule has 0 spiro atoms. The second-order valence-electron chi connectivity index (χ2n) is 4.71. The smallest absolute Gasteiger partial charge is 0.335 e. The summed E-state index contributed by atoms with van der Waals surface area (Å²) in [4.78, 5) is 10.8. The maximum absolute atomic E-state index is 12.3. The van der Waals surface area contributed by atoms with Gasteiger partial charge in [-0.2, -0.15) is 0 Å². The van der Waals surface area contributed by atoms with Crippen molar-refractivity contribution in [2.75, 3.05) is 13.7 Å². The van der Waals surface area contributed by atoms with Crippen molar-refractivity contribution in [2.45, 2.75) is 31.6 Å². The maximum atomic E-state index is 12.3. The number of aromatic carboxylic acids is 1. The van der Waals surface area contributed by atoms with Crippen LogP contribution in [0.1, 0.15) is 37.0 Å². The van der Waals surface area contributed by atoms with Crippen molar-refractivity contribution in [1.82, 2.24) is 4.72 Å². The summed E-state index contributed by atoms with van der Waals surface area (Å²) in [7, 11) is -2.47. The largest absolute Gasteiger partial charge is 0.495 e. The van der Waals surface area contributed by atoms with Crippen molar-refractivity contribution < 1.29 is 23.1 Å². The first kappa shape index (κ1) is 17.5. The van der Waals surface area contributed by atoms with Gasteiger partial charge in [0, 0.05) is 6.54 Å². The predicted octanol–water partition coefficient (Wildman–Crippen LogP) is 2.11. The van der Waals surface area contributed by atoms with Crippen LogP contribution in [-0.4, -0.2) is 33.1 Å². The zero-order valence-corrected chi connectivity index (χ0v) is 13.2. The molecule has 1 rings (SSSR count). The lowest BCUT2D eigenvalue weighted by Gasteiger charge is -2.15. The van der Waals surface area contributed by atoms with Gasteiger partial charge in [-0.05, 0) is 24.1 Å². The highest BCUT2D eigenvalue weighted by Gasteiger charge is 2.22. The van der Waals surface area contributed by atoms with Crippen molar-refractivity contribution in [3.63, 3.8) is 0 Å². The Balaban J connectivity index is 3.11. The zero-order chi connectivity index (χ0) is 16.0. The first-order valence-corrected chi connectivity index (χ1v) is 8.25. The molecule has 0 saturated carbocycles. The van der Waals surface area contributed by atoms with E-state index in [0.717, 1.165) is 18.9 Å². The van der Waals surface area contributed by atoms with Crippen LogP contribution < -0.4 is 9.46 Å². The lowest BCUT2D eigenvalue weighted by Crippen LogP contribution is -2.29. The highest BCUT2D eigenvalue weighted by Crippen LogP contribution is 2.25. The van der Waals surface area contributed by atoms with Gasteiger partial charge in [-0.3, -0.25) is 0 Å². The van der Waals surface area contributed by atoms with Gasteiger partial charge in [0.25, 0.3) is 0 Å². The fourth-order valence-corrected chi connectivity index (χ4v) is 3.21. The third-order valence-corrected chi connectivity index (χ3v) is 4.86. The summed E-state index contributed by atoms with van der Waals surface area (Å²) in [6.45, 7) is 4.30. The van der Waals surface area contributed by atoms with E-state index in [1.165, 1.54) is 19.2 Å². The molecule has 0 aromatic heterocycles. The van der Waals surface area contributed by atoms with Crippen molar-refractivity contribution in [2.24, 2.45) is 5.92 Å². The highest BCUT2D eigenvalue weighted by molar-refractivity contribution is 7.89. The number of carbonyl (C=O) groups is 1. The molecule has 0 aliphatic rings. The Bertz CT molecular complexity index is 593. The summed E-state index contributed by atoms with van der Waals surface area (Å²) in [5.74, 6) is -0.820. The standard InChI is InChI=1S/C14H21NO5S/c1-4-10(5-2)9-15-21(18,19)13-8-11(14(16)17)6-7-12(13)20-3/h6-8,10,15H,4-5,9H2,1-3H3,(H,16,17). The first-order chi connectivity index (χ1) is 9.85. The Morgan fingerprint density at radius 2 is 1.95 bits per heavy atom. The van der Waals surface area contributed by atoms with Gasteiger partial charge in [0.1, 0.15) is 10.6 Å². The van der Waals surface area contributed by atoms with E-state index in [9.17, 15) is 13.2 Å². The molecule has 0 bridgehead atoms. The van der Waals surface area contributed by atoms with Gasteiger partial charge >= 0.3 is 5.97 Å². The average Bonchev–Trinajstić information content (AvgIpc) is 2.47. The van der Waals surface area contributed by atoms with Gasteiger partial charge in [0.05, 0.1) is 12.7 Å². The molecule has 2 N–H and O–H groups in total. The van der Waals surface area contributed by atoms with Crippen LogP contribution in [0.4, 0.5) is 0 Å². The number of rotatable bonds is 8. The summed E-state index contributed by atoms with van der Waals surface area (Å²) >= 11 is 0. The molecule has 0 amide bonds. The number of hydrogen-bond acceptors (Lipinski definition) is 4. The summed E-state index contributed by atoms with van der Waals surface area (Å²) in [6.07, 6.45) is 1.73. The van der Waals surface area contributed by atoms with Gasteiger partial charge in [0.15, 0.2) is 0 Å². The Morgan fingerprint density at radius 1 is 1.33 bits per heavy atom. The number of carboxylic acid groups (broad SMARTS) is 1. The predicted molar refractivity (Wildman–Crippen MR) is 79.2 cm³/mol. The number of methoxy groups -OCH3 is 1. The van der Waals surface area contributed by atoms with Gasteiger partial charge in [0.2, 0.25) is 10.0 Å². The molecule has 0 fully saturated rings. The lowest BCUT2D eigenvalue weighted by molar-refractivity contribution is 0.0696. The van der Waals surface area contributed by atoms with Crippen LogP contribution in [0.3, 0.4) is 0 Å². The number of benzene rings is 1. The molecular formula is C14H21NO5S. The molecule has 0 heterocycles. The van der Waals surface area contributed by atoms with E-state index < -0.39 is 16.0 Å². The molecule has 1 aromatic carbocycles. The Kier molecular flexibility index (Phi) is 6.17. The van der Waals surface area contributed by atoms with Crippen LogP contribution in [0.25, 0.3) is 0 Å². The molecule has 7 heteroatoms. The van der Waals surface area contributed by atoms with Crippen molar-refractivity contribution >= 4 is 16.0 Å². The fraction of sp³-hybridized carbons (Fsp3) is 0.500. The molecule has 0 radical (unpaired) electrons. The second-order valence-corrected chi connectivity index (χ2v) is 6.44. The van der Waals surface area contributed by atoms with Crippen LogP contribution >= 0.6 is 0 Å². The minimum atomic E-state index is -3.81. The highest BCUT2D eigenvalue weighted by atomic mass is 32.2. The fourth-order valence-electron chi connectivity index (χ4n) is 1.90. The van der Waals surface area contributed by atoms with Crippen LogP contribution in [-0.2, 0) is 10.0 Å². The summed E-state index contributed by atoms with van der Waals surface area (Å²) in [5, 5.41) is 8.98. The maximum Gasteiger partial charge on any atom is 0.335 e. The molecule has 0 saturated heterocycles. The van der Waals surface area contributed by atoms with E-state index in [2.05, 4.69) is 4.72 Å². The van der Waals surface area contributed by atoms with Gasteiger partial charge in [-0.25, -0.2) is 17.9 Å². The van der Waals surface area contributed by atoms with Crippen LogP contribution in [0.5, 0.6) is 5.75 Å². The molecule has 0 unspecified atom stereocenters. The quantitative estimate of drug-likeness (QED) is 0.766. The molecule has 21 heavy (non-hydrogen) atoms. The monoisotopic (exact) mass is 315 g/mol. The number of nitrogens with one attached hydrogen (secondary N) is 1. The van der Waals surface area contributed by atoms with Crippen LogP contribution in [0, 0.1) is 5.92 Å². The van der Waals surface area contributed by atoms with Gasteiger partial charge in [-0.1, -0.05) is 26.7 Å². The summed E-state index contributed by atoms with van der Waals surface area (Å²) in [6, 6.07) is 3.76. The SMILES string of the molecule is CCC(CC)CNS(=O)(=O)c1cc(C(=O)O)ccc1OC.